The molecule has 0 aliphatic carbocycles. The molecule has 60 valence electrons. The lowest BCUT2D eigenvalue weighted by Gasteiger charge is -1.98. The summed E-state index contributed by atoms with van der Waals surface area (Å²) in [5, 5.41) is 0. The smallest absolute Gasteiger partial charge is 0.328 e. The molecule has 0 N–H and O–H groups in total. The Bertz CT molecular complexity index is 341. The molecule has 0 saturated heterocycles. The van der Waals surface area contributed by atoms with Crippen LogP contribution in [0.2, 0.25) is 0 Å². The fraction of sp³-hybridized carbons (Fsp3) is 0.125. The molecule has 1 rings (SSSR count). The first-order chi connectivity index (χ1) is 5.79. The standard InChI is InChI=1S/C8H6N2O2/c1-9-7-3-4-10-5-6(7)8(11)12-2/h3-5H,2H3. The molecule has 0 bridgehead atoms. The highest BCUT2D eigenvalue weighted by molar-refractivity contribution is 5.95. The topological polar surface area (TPSA) is 43.5 Å². The van der Waals surface area contributed by atoms with Crippen molar-refractivity contribution in [2.24, 2.45) is 0 Å². The summed E-state index contributed by atoms with van der Waals surface area (Å²) in [7, 11) is 1.27. The van der Waals surface area contributed by atoms with Crippen molar-refractivity contribution in [2.45, 2.75) is 0 Å². The largest absolute Gasteiger partial charge is 0.466 e. The van der Waals surface area contributed by atoms with E-state index < -0.39 is 5.97 Å². The van der Waals surface area contributed by atoms with Crippen molar-refractivity contribution >= 4 is 11.7 Å². The van der Waals surface area contributed by atoms with Gasteiger partial charge >= 0.3 is 5.97 Å². The molecule has 0 unspecified atom stereocenters. The average molecular weight is 162 g/mol. The zero-order valence-corrected chi connectivity index (χ0v) is 6.44. The molecule has 0 aliphatic rings. The average Bonchev–Trinajstić information content (AvgIpc) is 2.16. The van der Waals surface area contributed by atoms with Crippen molar-refractivity contribution in [3.63, 3.8) is 0 Å². The SMILES string of the molecule is [C-]#[N+]c1ccncc1C(=O)OC. The second-order valence-corrected chi connectivity index (χ2v) is 2.00. The first kappa shape index (κ1) is 8.21. The Balaban J connectivity index is 3.16. The quantitative estimate of drug-likeness (QED) is 0.463. The summed E-state index contributed by atoms with van der Waals surface area (Å²) < 4.78 is 4.46. The number of carbonyl (C=O) groups is 1. The maximum Gasteiger partial charge on any atom is 0.328 e. The number of hydrogen-bond donors (Lipinski definition) is 0. The molecule has 0 aliphatic heterocycles. The fourth-order valence-electron chi connectivity index (χ4n) is 0.752. The van der Waals surface area contributed by atoms with Crippen molar-refractivity contribution < 1.29 is 9.53 Å². The maximum absolute atomic E-state index is 11.0. The Morgan fingerprint density at radius 1 is 1.75 bits per heavy atom. The van der Waals surface area contributed by atoms with E-state index in [1.807, 2.05) is 0 Å². The van der Waals surface area contributed by atoms with Crippen molar-refractivity contribution in [3.8, 4) is 0 Å². The number of hydrogen-bond acceptors (Lipinski definition) is 3. The Labute approximate surface area is 69.6 Å². The summed E-state index contributed by atoms with van der Waals surface area (Å²) in [6.07, 6.45) is 2.78. The summed E-state index contributed by atoms with van der Waals surface area (Å²) in [5.41, 5.74) is 0.465. The molecule has 0 aromatic carbocycles. The summed E-state index contributed by atoms with van der Waals surface area (Å²) in [4.78, 5) is 17.9. The van der Waals surface area contributed by atoms with Crippen LogP contribution in [0.5, 0.6) is 0 Å². The number of pyridine rings is 1. The third-order valence-corrected chi connectivity index (χ3v) is 1.32. The highest BCUT2D eigenvalue weighted by atomic mass is 16.5. The summed E-state index contributed by atoms with van der Waals surface area (Å²) >= 11 is 0. The lowest BCUT2D eigenvalue weighted by atomic mass is 10.2. The number of esters is 1. The van der Waals surface area contributed by atoms with Crippen LogP contribution >= 0.6 is 0 Å². The molecule has 1 aromatic rings. The molecule has 0 fully saturated rings. The van der Waals surface area contributed by atoms with E-state index in [1.165, 1.54) is 25.6 Å². The first-order valence-electron chi connectivity index (χ1n) is 3.19. The monoisotopic (exact) mass is 162 g/mol. The Morgan fingerprint density at radius 2 is 2.50 bits per heavy atom. The van der Waals surface area contributed by atoms with Crippen LogP contribution in [0.25, 0.3) is 4.85 Å². The molecule has 12 heavy (non-hydrogen) atoms. The van der Waals surface area contributed by atoms with Gasteiger partial charge in [-0.3, -0.25) is 4.98 Å². The van der Waals surface area contributed by atoms with Crippen LogP contribution < -0.4 is 0 Å². The normalized spacial score (nSPS) is 8.67. The minimum absolute atomic E-state index is 0.204. The highest BCUT2D eigenvalue weighted by Gasteiger charge is 2.10. The molecular weight excluding hydrogens is 156 g/mol. The second kappa shape index (κ2) is 3.49. The third kappa shape index (κ3) is 1.40. The van der Waals surface area contributed by atoms with Gasteiger partial charge in [-0.25, -0.2) is 9.64 Å². The molecule has 1 aromatic heterocycles. The van der Waals surface area contributed by atoms with Gasteiger partial charge in [0.05, 0.1) is 19.2 Å². The lowest BCUT2D eigenvalue weighted by Crippen LogP contribution is -2.01. The van der Waals surface area contributed by atoms with Crippen molar-refractivity contribution in [2.75, 3.05) is 7.11 Å². The van der Waals surface area contributed by atoms with Crippen LogP contribution in [0, 0.1) is 6.57 Å². The zero-order chi connectivity index (χ0) is 8.97. The Hall–Kier alpha value is -1.89. The van der Waals surface area contributed by atoms with E-state index in [4.69, 9.17) is 6.57 Å². The summed E-state index contributed by atoms with van der Waals surface area (Å²) in [5.74, 6) is -0.533. The molecule has 0 saturated carbocycles. The highest BCUT2D eigenvalue weighted by Crippen LogP contribution is 2.17. The van der Waals surface area contributed by atoms with Crippen molar-refractivity contribution in [3.05, 3.63) is 35.4 Å². The Kier molecular flexibility index (Phi) is 2.38. The van der Waals surface area contributed by atoms with Crippen molar-refractivity contribution in [1.29, 1.82) is 0 Å². The van der Waals surface area contributed by atoms with Crippen LogP contribution in [-0.4, -0.2) is 18.1 Å². The van der Waals surface area contributed by atoms with E-state index in [0.717, 1.165) is 0 Å². The van der Waals surface area contributed by atoms with Gasteiger partial charge in [-0.2, -0.15) is 0 Å². The molecule has 4 nitrogen and oxygen atoms in total. The van der Waals surface area contributed by atoms with E-state index in [9.17, 15) is 4.79 Å². The number of nitrogens with zero attached hydrogens (tertiary/aromatic N) is 2. The van der Waals surface area contributed by atoms with E-state index in [0.29, 0.717) is 0 Å². The molecule has 0 spiro atoms. The van der Waals surface area contributed by atoms with Gasteiger partial charge in [0, 0.05) is 12.4 Å². The van der Waals surface area contributed by atoms with E-state index in [-0.39, 0.29) is 11.3 Å². The third-order valence-electron chi connectivity index (χ3n) is 1.32. The number of methoxy groups -OCH3 is 1. The second-order valence-electron chi connectivity index (χ2n) is 2.00. The number of carbonyl (C=O) groups excluding carboxylic acids is 1. The van der Waals surface area contributed by atoms with Gasteiger partial charge in [-0.1, -0.05) is 0 Å². The van der Waals surface area contributed by atoms with E-state index in [1.54, 1.807) is 0 Å². The molecule has 0 radical (unpaired) electrons. The van der Waals surface area contributed by atoms with Crippen LogP contribution in [0.3, 0.4) is 0 Å². The number of rotatable bonds is 1. The fourth-order valence-corrected chi connectivity index (χ4v) is 0.752. The maximum atomic E-state index is 11.0. The number of aromatic nitrogens is 1. The van der Waals surface area contributed by atoms with E-state index >= 15 is 0 Å². The lowest BCUT2D eigenvalue weighted by molar-refractivity contribution is 0.0601. The van der Waals surface area contributed by atoms with Gasteiger partial charge in [-0.15, -0.1) is 0 Å². The predicted molar refractivity (Wildman–Crippen MR) is 41.8 cm³/mol. The summed E-state index contributed by atoms with van der Waals surface area (Å²) in [6.45, 7) is 6.74. The number of ether oxygens (including phenoxy) is 1. The van der Waals surface area contributed by atoms with Crippen LogP contribution in [-0.2, 0) is 4.74 Å². The molecule has 4 heteroatoms. The van der Waals surface area contributed by atoms with Crippen LogP contribution in [0.1, 0.15) is 10.4 Å². The molecule has 0 amide bonds. The zero-order valence-electron chi connectivity index (χ0n) is 6.44. The molecular formula is C8H6N2O2. The summed E-state index contributed by atoms with van der Waals surface area (Å²) in [6, 6.07) is 1.47. The van der Waals surface area contributed by atoms with Crippen molar-refractivity contribution in [1.82, 2.24) is 4.98 Å². The van der Waals surface area contributed by atoms with Gasteiger partial charge in [0.25, 0.3) is 0 Å². The van der Waals surface area contributed by atoms with Gasteiger partial charge < -0.3 is 4.74 Å². The minimum Gasteiger partial charge on any atom is -0.466 e. The van der Waals surface area contributed by atoms with Crippen LogP contribution in [0.15, 0.2) is 18.5 Å². The van der Waals surface area contributed by atoms with Gasteiger partial charge in [0.2, 0.25) is 5.69 Å². The molecule has 0 atom stereocenters. The minimum atomic E-state index is -0.533. The van der Waals surface area contributed by atoms with Gasteiger partial charge in [0.1, 0.15) is 0 Å². The van der Waals surface area contributed by atoms with Gasteiger partial charge in [-0.05, 0) is 6.07 Å². The van der Waals surface area contributed by atoms with Crippen LogP contribution in [0.4, 0.5) is 5.69 Å². The van der Waals surface area contributed by atoms with Gasteiger partial charge in [0.15, 0.2) is 0 Å². The first-order valence-corrected chi connectivity index (χ1v) is 3.19. The Morgan fingerprint density at radius 3 is 3.08 bits per heavy atom. The molecule has 1 heterocycles. The predicted octanol–water partition coefficient (Wildman–Crippen LogP) is 1.42. The van der Waals surface area contributed by atoms with E-state index in [2.05, 4.69) is 14.6 Å².